The zero-order chi connectivity index (χ0) is 22.2. The lowest BCUT2D eigenvalue weighted by Crippen LogP contribution is -2.34. The first-order chi connectivity index (χ1) is 14.8. The molecule has 2 amide bonds. The molecule has 0 radical (unpaired) electrons. The first kappa shape index (κ1) is 20.7. The summed E-state index contributed by atoms with van der Waals surface area (Å²) in [6.07, 6.45) is 3.56. The number of nitriles is 1. The molecule has 1 unspecified atom stereocenters. The molecule has 2 aromatic rings. The summed E-state index contributed by atoms with van der Waals surface area (Å²) >= 11 is 0. The van der Waals surface area contributed by atoms with Gasteiger partial charge < -0.3 is 5.32 Å². The number of amides is 2. The summed E-state index contributed by atoms with van der Waals surface area (Å²) in [5.41, 5.74) is 2.19. The molecule has 31 heavy (non-hydrogen) atoms. The lowest BCUT2D eigenvalue weighted by Gasteiger charge is -2.24. The molecule has 0 spiro atoms. The lowest BCUT2D eigenvalue weighted by molar-refractivity contribution is -0.120. The van der Waals surface area contributed by atoms with Crippen molar-refractivity contribution >= 4 is 29.3 Å². The Bertz CT molecular complexity index is 1140. The molecule has 1 N–H and O–H groups in total. The fourth-order valence-electron chi connectivity index (χ4n) is 3.69. The van der Waals surface area contributed by atoms with Gasteiger partial charge in [0.2, 0.25) is 0 Å². The molecule has 1 saturated carbocycles. The van der Waals surface area contributed by atoms with Gasteiger partial charge in [0, 0.05) is 22.8 Å². The van der Waals surface area contributed by atoms with E-state index in [4.69, 9.17) is 5.26 Å². The van der Waals surface area contributed by atoms with Crippen molar-refractivity contribution in [3.05, 3.63) is 47.2 Å². The molecule has 2 heterocycles. The number of anilines is 1. The Morgan fingerprint density at radius 1 is 1.19 bits per heavy atom. The fraction of sp³-hybridized carbons (Fsp3) is 0.391. The summed E-state index contributed by atoms with van der Waals surface area (Å²) in [5.74, 6) is -0.200. The molecule has 8 heteroatoms. The third-order valence-electron chi connectivity index (χ3n) is 5.51. The number of carbonyl (C=O) groups excluding carboxylic acids is 2. The molecule has 1 aliphatic heterocycles. The van der Waals surface area contributed by atoms with Gasteiger partial charge in [0.25, 0.3) is 17.8 Å². The van der Waals surface area contributed by atoms with Crippen LogP contribution in [-0.4, -0.2) is 33.3 Å². The van der Waals surface area contributed by atoms with Crippen molar-refractivity contribution in [1.29, 1.82) is 5.26 Å². The molecule has 2 aliphatic rings. The minimum absolute atomic E-state index is 0.184. The number of carbonyl (C=O) groups is 2. The molecule has 8 nitrogen and oxygen atoms in total. The van der Waals surface area contributed by atoms with E-state index in [0.29, 0.717) is 16.9 Å². The predicted octanol–water partition coefficient (Wildman–Crippen LogP) is 3.68. The second kappa shape index (κ2) is 7.91. The average molecular weight is 416 g/mol. The van der Waals surface area contributed by atoms with Crippen LogP contribution in [0.5, 0.6) is 0 Å². The highest BCUT2D eigenvalue weighted by atomic mass is 16.2. The van der Waals surface area contributed by atoms with Gasteiger partial charge in [-0.15, -0.1) is 0 Å². The van der Waals surface area contributed by atoms with Crippen molar-refractivity contribution in [2.45, 2.75) is 51.9 Å². The minimum Gasteiger partial charge on any atom is -0.306 e. The van der Waals surface area contributed by atoms with E-state index in [1.807, 2.05) is 26.8 Å². The number of nitrogens with zero attached hydrogens (tertiary/aromatic N) is 5. The third-order valence-corrected chi connectivity index (χ3v) is 5.51. The summed E-state index contributed by atoms with van der Waals surface area (Å²) in [6.45, 7) is 6.05. The second-order valence-electron chi connectivity index (χ2n) is 8.87. The summed E-state index contributed by atoms with van der Waals surface area (Å²) < 4.78 is 1.44. The Kier molecular flexibility index (Phi) is 5.27. The van der Waals surface area contributed by atoms with E-state index in [1.165, 1.54) is 4.68 Å². The van der Waals surface area contributed by atoms with Gasteiger partial charge in [-0.1, -0.05) is 27.2 Å². The Hall–Kier alpha value is -3.60. The highest BCUT2D eigenvalue weighted by molar-refractivity contribution is 6.16. The standard InChI is InChI=1S/C23H24N6O2/c1-23(2,3)18-12-19(26-20(30)15-10-8-14(13-24)9-11-15)29(28-18)22-25-17-7-5-4-6-16(17)21(31)27-22/h8-12,16H,4-7H2,1-3H3,(H,26,30). The maximum atomic E-state index is 12.8. The van der Waals surface area contributed by atoms with E-state index in [-0.39, 0.29) is 29.1 Å². The van der Waals surface area contributed by atoms with Crippen LogP contribution in [0.4, 0.5) is 5.82 Å². The van der Waals surface area contributed by atoms with Gasteiger partial charge in [-0.25, -0.2) is 4.99 Å². The minimum atomic E-state index is -0.350. The Morgan fingerprint density at radius 2 is 1.94 bits per heavy atom. The first-order valence-electron chi connectivity index (χ1n) is 10.4. The monoisotopic (exact) mass is 416 g/mol. The number of aromatic nitrogens is 2. The lowest BCUT2D eigenvalue weighted by atomic mass is 9.86. The number of aliphatic imine (C=N–C) groups is 2. The molecule has 4 rings (SSSR count). The SMILES string of the molecule is CC(C)(C)c1cc(NC(=O)c2ccc(C#N)cc2)n(C2=NC(=O)C3CCCCC3=N2)n1. The molecule has 1 fully saturated rings. The van der Waals surface area contributed by atoms with Crippen LogP contribution < -0.4 is 5.32 Å². The predicted molar refractivity (Wildman–Crippen MR) is 117 cm³/mol. The molecule has 1 aromatic carbocycles. The maximum absolute atomic E-state index is 12.8. The zero-order valence-electron chi connectivity index (χ0n) is 17.8. The van der Waals surface area contributed by atoms with E-state index in [9.17, 15) is 9.59 Å². The van der Waals surface area contributed by atoms with Crippen LogP contribution in [0.3, 0.4) is 0 Å². The number of nitrogens with one attached hydrogen (secondary N) is 1. The Labute approximate surface area is 180 Å². The second-order valence-corrected chi connectivity index (χ2v) is 8.87. The summed E-state index contributed by atoms with van der Waals surface area (Å²) in [5, 5.41) is 16.4. The Balaban J connectivity index is 1.70. The van der Waals surface area contributed by atoms with Crippen LogP contribution in [0, 0.1) is 17.2 Å². The van der Waals surface area contributed by atoms with Crippen LogP contribution >= 0.6 is 0 Å². The number of hydrogen-bond acceptors (Lipinski definition) is 5. The third kappa shape index (κ3) is 4.17. The van der Waals surface area contributed by atoms with Crippen LogP contribution in [0.1, 0.15) is 68.1 Å². The fourth-order valence-corrected chi connectivity index (χ4v) is 3.69. The number of benzene rings is 1. The largest absolute Gasteiger partial charge is 0.306 e. The molecular formula is C23H24N6O2. The van der Waals surface area contributed by atoms with Gasteiger partial charge >= 0.3 is 0 Å². The van der Waals surface area contributed by atoms with Gasteiger partial charge in [0.05, 0.1) is 23.2 Å². The van der Waals surface area contributed by atoms with Crippen molar-refractivity contribution in [3.8, 4) is 6.07 Å². The summed E-state index contributed by atoms with van der Waals surface area (Å²) in [6, 6.07) is 10.2. The molecule has 158 valence electrons. The number of hydrogen-bond donors (Lipinski definition) is 1. The van der Waals surface area contributed by atoms with E-state index in [0.717, 1.165) is 37.1 Å². The van der Waals surface area contributed by atoms with Crippen molar-refractivity contribution < 1.29 is 9.59 Å². The molecule has 1 atom stereocenters. The van der Waals surface area contributed by atoms with E-state index in [1.54, 1.807) is 30.3 Å². The van der Waals surface area contributed by atoms with E-state index < -0.39 is 0 Å². The van der Waals surface area contributed by atoms with Gasteiger partial charge in [0.15, 0.2) is 0 Å². The Morgan fingerprint density at radius 3 is 2.61 bits per heavy atom. The zero-order valence-corrected chi connectivity index (χ0v) is 17.8. The number of fused-ring (bicyclic) bond motifs is 1. The average Bonchev–Trinajstić information content (AvgIpc) is 3.18. The normalized spacial score (nSPS) is 18.5. The maximum Gasteiger partial charge on any atom is 0.257 e. The number of rotatable bonds is 2. The van der Waals surface area contributed by atoms with Crippen molar-refractivity contribution in [2.24, 2.45) is 15.9 Å². The van der Waals surface area contributed by atoms with Crippen molar-refractivity contribution in [2.75, 3.05) is 5.32 Å². The van der Waals surface area contributed by atoms with Crippen molar-refractivity contribution in [3.63, 3.8) is 0 Å². The van der Waals surface area contributed by atoms with Crippen LogP contribution in [0.15, 0.2) is 40.3 Å². The van der Waals surface area contributed by atoms with Gasteiger partial charge in [-0.05, 0) is 43.5 Å². The quantitative estimate of drug-likeness (QED) is 0.804. The van der Waals surface area contributed by atoms with Crippen LogP contribution in [0.25, 0.3) is 0 Å². The van der Waals surface area contributed by atoms with Crippen molar-refractivity contribution in [1.82, 2.24) is 9.78 Å². The van der Waals surface area contributed by atoms with E-state index in [2.05, 4.69) is 20.4 Å². The van der Waals surface area contributed by atoms with Gasteiger partial charge in [-0.2, -0.15) is 20.0 Å². The molecule has 1 aliphatic carbocycles. The topological polar surface area (TPSA) is 112 Å². The highest BCUT2D eigenvalue weighted by Crippen LogP contribution is 2.28. The first-order valence-corrected chi connectivity index (χ1v) is 10.4. The smallest absolute Gasteiger partial charge is 0.257 e. The van der Waals surface area contributed by atoms with Gasteiger partial charge in [0.1, 0.15) is 5.82 Å². The van der Waals surface area contributed by atoms with Crippen LogP contribution in [-0.2, 0) is 10.2 Å². The van der Waals surface area contributed by atoms with E-state index >= 15 is 0 Å². The molecule has 1 aromatic heterocycles. The van der Waals surface area contributed by atoms with Crippen LogP contribution in [0.2, 0.25) is 0 Å². The molecule has 0 saturated heterocycles. The van der Waals surface area contributed by atoms with Gasteiger partial charge in [-0.3, -0.25) is 9.59 Å². The molecule has 0 bridgehead atoms. The summed E-state index contributed by atoms with van der Waals surface area (Å²) in [4.78, 5) is 34.3. The molecular weight excluding hydrogens is 392 g/mol. The highest BCUT2D eigenvalue weighted by Gasteiger charge is 2.32. The summed E-state index contributed by atoms with van der Waals surface area (Å²) in [7, 11) is 0.